The standard InChI is InChI=1S/C40H52N6O9S/c1-11-25-21-40(25,36(49)45-56(51,52)23(2)3)44-33(47)30-20-27(22-46(30)35(48)31(38(4,5)6)42-37(50)55-39(7,8)9)54-34-28-19-26(53-10)17-18-29(28)41-32(43-34)24-15-13-12-14-16-24/h11-19,23,25,27,30-31H,1,20-22H2,2-10H3,(H,42,50)(H,44,47)(H,45,49)/t25-,27-,30+,31-,40-/m1/s1. The lowest BCUT2D eigenvalue weighted by molar-refractivity contribution is -0.143. The van der Waals surface area contributed by atoms with Gasteiger partial charge in [0.2, 0.25) is 27.7 Å². The molecular formula is C40H52N6O9S. The Morgan fingerprint density at radius 1 is 1.02 bits per heavy atom. The van der Waals surface area contributed by atoms with E-state index in [1.54, 1.807) is 59.7 Å². The maximum atomic E-state index is 14.6. The second-order valence-electron chi connectivity index (χ2n) is 16.6. The van der Waals surface area contributed by atoms with Crippen LogP contribution in [-0.2, 0) is 29.1 Å². The Kier molecular flexibility index (Phi) is 11.8. The molecule has 1 saturated heterocycles. The molecule has 3 aromatic rings. The van der Waals surface area contributed by atoms with Gasteiger partial charge < -0.3 is 29.7 Å². The van der Waals surface area contributed by atoms with Crippen LogP contribution < -0.4 is 24.8 Å². The Morgan fingerprint density at radius 2 is 1.70 bits per heavy atom. The molecular weight excluding hydrogens is 741 g/mol. The molecule has 2 fully saturated rings. The normalized spacial score (nSPS) is 21.5. The zero-order valence-electron chi connectivity index (χ0n) is 33.3. The van der Waals surface area contributed by atoms with Crippen LogP contribution >= 0.6 is 0 Å². The number of benzene rings is 2. The highest BCUT2D eigenvalue weighted by molar-refractivity contribution is 7.90. The van der Waals surface area contributed by atoms with Crippen LogP contribution in [-0.4, -0.2) is 95.3 Å². The van der Waals surface area contributed by atoms with Gasteiger partial charge in [0.15, 0.2) is 5.82 Å². The summed E-state index contributed by atoms with van der Waals surface area (Å²) in [7, 11) is -2.51. The molecule has 0 unspecified atom stereocenters. The van der Waals surface area contributed by atoms with Gasteiger partial charge in [-0.05, 0) is 64.7 Å². The van der Waals surface area contributed by atoms with Crippen LogP contribution in [0.15, 0.2) is 61.2 Å². The first kappa shape index (κ1) is 41.9. The number of methoxy groups -OCH3 is 1. The molecule has 0 radical (unpaired) electrons. The van der Waals surface area contributed by atoms with Crippen molar-refractivity contribution < 1.29 is 41.8 Å². The minimum absolute atomic E-state index is 0.0439. The average Bonchev–Trinajstić information content (AvgIpc) is 3.67. The monoisotopic (exact) mass is 792 g/mol. The van der Waals surface area contributed by atoms with Gasteiger partial charge in [0, 0.05) is 17.9 Å². The first-order chi connectivity index (χ1) is 26.1. The molecule has 4 amide bonds. The number of carbonyl (C=O) groups excluding carboxylic acids is 4. The van der Waals surface area contributed by atoms with E-state index in [1.807, 2.05) is 30.3 Å². The maximum absolute atomic E-state index is 14.6. The average molecular weight is 793 g/mol. The number of rotatable bonds is 12. The molecule has 5 rings (SSSR count). The lowest BCUT2D eigenvalue weighted by atomic mass is 9.85. The van der Waals surface area contributed by atoms with Gasteiger partial charge >= 0.3 is 6.09 Å². The smallest absolute Gasteiger partial charge is 0.408 e. The molecule has 3 N–H and O–H groups in total. The van der Waals surface area contributed by atoms with Gasteiger partial charge in [-0.1, -0.05) is 57.2 Å². The van der Waals surface area contributed by atoms with Crippen molar-refractivity contribution in [1.82, 2.24) is 30.2 Å². The van der Waals surface area contributed by atoms with E-state index in [1.165, 1.54) is 31.9 Å². The van der Waals surface area contributed by atoms with E-state index in [9.17, 15) is 27.6 Å². The Labute approximate surface area is 328 Å². The van der Waals surface area contributed by atoms with E-state index in [4.69, 9.17) is 24.2 Å². The van der Waals surface area contributed by atoms with E-state index < -0.39 is 79.7 Å². The van der Waals surface area contributed by atoms with Crippen LogP contribution in [0, 0.1) is 11.3 Å². The number of ether oxygens (including phenoxy) is 3. The molecule has 1 aliphatic heterocycles. The number of fused-ring (bicyclic) bond motifs is 1. The van der Waals surface area contributed by atoms with E-state index in [2.05, 4.69) is 21.9 Å². The number of likely N-dealkylation sites (tertiary alicyclic amines) is 1. The number of hydrogen-bond donors (Lipinski definition) is 3. The summed E-state index contributed by atoms with van der Waals surface area (Å²) in [6, 6.07) is 12.2. The van der Waals surface area contributed by atoms with Crippen molar-refractivity contribution in [1.29, 1.82) is 0 Å². The number of nitrogens with one attached hydrogen (secondary N) is 3. The lowest BCUT2D eigenvalue weighted by Crippen LogP contribution is -2.60. The third kappa shape index (κ3) is 9.23. The second kappa shape index (κ2) is 15.7. The molecule has 56 heavy (non-hydrogen) atoms. The number of alkyl carbamates (subject to hydrolysis) is 1. The van der Waals surface area contributed by atoms with Crippen LogP contribution in [0.2, 0.25) is 0 Å². The summed E-state index contributed by atoms with van der Waals surface area (Å²) in [5.41, 5.74) is -2.01. The van der Waals surface area contributed by atoms with Gasteiger partial charge in [0.25, 0.3) is 5.91 Å². The summed E-state index contributed by atoms with van der Waals surface area (Å²) < 4.78 is 45.0. The molecule has 0 spiro atoms. The quantitative estimate of drug-likeness (QED) is 0.219. The molecule has 302 valence electrons. The SMILES string of the molecule is C=C[C@@H]1C[C@]1(NC(=O)[C@@H]1C[C@@H](Oc2nc(-c3ccccc3)nc3ccc(OC)cc23)CN1C(=O)[C@@H](NC(=O)OC(C)(C)C)C(C)(C)C)C(=O)NS(=O)(=O)C(C)C. The highest BCUT2D eigenvalue weighted by atomic mass is 32.2. The van der Waals surface area contributed by atoms with Crippen LogP contribution in [0.4, 0.5) is 4.79 Å². The van der Waals surface area contributed by atoms with Crippen molar-refractivity contribution in [3.05, 3.63) is 61.2 Å². The Balaban J connectivity index is 1.53. The maximum Gasteiger partial charge on any atom is 0.408 e. The van der Waals surface area contributed by atoms with Crippen molar-refractivity contribution in [3.8, 4) is 23.0 Å². The number of carbonyl (C=O) groups is 4. The van der Waals surface area contributed by atoms with E-state index in [-0.39, 0.29) is 25.3 Å². The molecule has 2 aromatic carbocycles. The van der Waals surface area contributed by atoms with Gasteiger partial charge in [-0.15, -0.1) is 6.58 Å². The molecule has 5 atom stereocenters. The number of hydrogen-bond acceptors (Lipinski definition) is 11. The number of sulfonamides is 1. The van der Waals surface area contributed by atoms with Gasteiger partial charge in [-0.2, -0.15) is 4.98 Å². The van der Waals surface area contributed by atoms with Gasteiger partial charge in [-0.3, -0.25) is 19.1 Å². The van der Waals surface area contributed by atoms with Crippen molar-refractivity contribution in [3.63, 3.8) is 0 Å². The zero-order valence-corrected chi connectivity index (χ0v) is 34.2. The van der Waals surface area contributed by atoms with E-state index >= 15 is 0 Å². The Morgan fingerprint density at radius 3 is 2.27 bits per heavy atom. The topological polar surface area (TPSA) is 195 Å². The van der Waals surface area contributed by atoms with Gasteiger partial charge in [-0.25, -0.2) is 18.2 Å². The van der Waals surface area contributed by atoms with Crippen LogP contribution in [0.3, 0.4) is 0 Å². The second-order valence-corrected chi connectivity index (χ2v) is 18.8. The van der Waals surface area contributed by atoms with Crippen LogP contribution in [0.1, 0.15) is 68.2 Å². The highest BCUT2D eigenvalue weighted by Crippen LogP contribution is 2.45. The lowest BCUT2D eigenvalue weighted by Gasteiger charge is -2.36. The molecule has 15 nitrogen and oxygen atoms in total. The summed E-state index contributed by atoms with van der Waals surface area (Å²) in [6.45, 7) is 16.9. The van der Waals surface area contributed by atoms with Crippen LogP contribution in [0.25, 0.3) is 22.3 Å². The number of aromatic nitrogens is 2. The van der Waals surface area contributed by atoms with E-state index in [0.717, 1.165) is 5.56 Å². The largest absolute Gasteiger partial charge is 0.497 e. The minimum atomic E-state index is -4.04. The van der Waals surface area contributed by atoms with Crippen molar-refractivity contribution in [2.24, 2.45) is 11.3 Å². The summed E-state index contributed by atoms with van der Waals surface area (Å²) in [4.78, 5) is 66.5. The number of nitrogens with zero attached hydrogens (tertiary/aromatic N) is 3. The fourth-order valence-corrected chi connectivity index (χ4v) is 7.14. The Hall–Kier alpha value is -5.25. The third-order valence-corrected chi connectivity index (χ3v) is 11.4. The first-order valence-corrected chi connectivity index (χ1v) is 20.0. The number of amides is 4. The molecule has 1 aromatic heterocycles. The molecule has 2 aliphatic rings. The van der Waals surface area contributed by atoms with Gasteiger partial charge in [0.1, 0.15) is 35.1 Å². The highest BCUT2D eigenvalue weighted by Gasteiger charge is 2.61. The minimum Gasteiger partial charge on any atom is -0.497 e. The molecule has 2 heterocycles. The predicted molar refractivity (Wildman–Crippen MR) is 210 cm³/mol. The summed E-state index contributed by atoms with van der Waals surface area (Å²) in [5, 5.41) is 5.10. The van der Waals surface area contributed by atoms with Crippen molar-refractivity contribution in [2.75, 3.05) is 13.7 Å². The predicted octanol–water partition coefficient (Wildman–Crippen LogP) is 4.51. The fraction of sp³-hybridized carbons (Fsp3) is 0.500. The fourth-order valence-electron chi connectivity index (χ4n) is 6.46. The van der Waals surface area contributed by atoms with Gasteiger partial charge in [0.05, 0.1) is 29.8 Å². The molecule has 1 saturated carbocycles. The summed E-state index contributed by atoms with van der Waals surface area (Å²) in [5.74, 6) is -1.66. The van der Waals surface area contributed by atoms with Crippen LogP contribution in [0.5, 0.6) is 11.6 Å². The van der Waals surface area contributed by atoms with Crippen molar-refractivity contribution >= 4 is 44.7 Å². The summed E-state index contributed by atoms with van der Waals surface area (Å²) in [6.07, 6.45) is -0.0976. The zero-order chi connectivity index (χ0) is 41.4. The molecule has 0 bridgehead atoms. The summed E-state index contributed by atoms with van der Waals surface area (Å²) >= 11 is 0. The Bertz CT molecular complexity index is 2110. The first-order valence-electron chi connectivity index (χ1n) is 18.5. The third-order valence-electron chi connectivity index (χ3n) is 9.71. The molecule has 16 heteroatoms. The van der Waals surface area contributed by atoms with E-state index in [0.29, 0.717) is 22.5 Å². The van der Waals surface area contributed by atoms with Crippen molar-refractivity contribution in [2.45, 2.75) is 103 Å². The molecule has 1 aliphatic carbocycles.